The topological polar surface area (TPSA) is 36.9 Å². The van der Waals surface area contributed by atoms with Gasteiger partial charge in [-0.3, -0.25) is 0 Å². The summed E-state index contributed by atoms with van der Waals surface area (Å²) in [5.74, 6) is 2.65. The van der Waals surface area contributed by atoms with Crippen molar-refractivity contribution in [2.24, 2.45) is 0 Å². The molecule has 3 aromatic rings. The van der Waals surface area contributed by atoms with E-state index in [0.29, 0.717) is 23.9 Å². The van der Waals surface area contributed by atoms with Gasteiger partial charge in [0.1, 0.15) is 12.4 Å². The van der Waals surface area contributed by atoms with Gasteiger partial charge < -0.3 is 18.9 Å². The molecule has 0 saturated heterocycles. The van der Waals surface area contributed by atoms with Crippen molar-refractivity contribution in [2.75, 3.05) is 13.9 Å². The molecule has 0 unspecified atom stereocenters. The predicted octanol–water partition coefficient (Wildman–Crippen LogP) is 4.73. The Morgan fingerprint density at radius 1 is 1.08 bits per heavy atom. The molecule has 2 aromatic carbocycles. The summed E-state index contributed by atoms with van der Waals surface area (Å²) in [6.07, 6.45) is 0. The molecule has 4 rings (SSSR count). The smallest absolute Gasteiger partial charge is 0.231 e. The Labute approximate surface area is 144 Å². The molecule has 1 aromatic heterocycles. The first-order chi connectivity index (χ1) is 11.9. The van der Waals surface area contributed by atoms with Crippen LogP contribution in [0.1, 0.15) is 5.56 Å². The molecule has 1 aliphatic rings. The molecule has 0 bridgehead atoms. The van der Waals surface area contributed by atoms with Crippen LogP contribution in [0.4, 0.5) is 0 Å². The fraction of sp³-hybridized carbons (Fsp3) is 0.158. The number of fused-ring (bicyclic) bond motifs is 1. The number of hydrogen-bond acceptors (Lipinski definition) is 5. The molecule has 0 radical (unpaired) electrons. The number of ether oxygens (including phenoxy) is 4. The lowest BCUT2D eigenvalue weighted by Gasteiger charge is -2.16. The molecule has 24 heavy (non-hydrogen) atoms. The van der Waals surface area contributed by atoms with E-state index in [1.165, 1.54) is 0 Å². The van der Waals surface area contributed by atoms with Crippen molar-refractivity contribution in [2.45, 2.75) is 6.61 Å². The quantitative estimate of drug-likeness (QED) is 0.673. The van der Waals surface area contributed by atoms with Crippen molar-refractivity contribution in [3.63, 3.8) is 0 Å². The first-order valence-electron chi connectivity index (χ1n) is 7.58. The van der Waals surface area contributed by atoms with E-state index in [2.05, 4.69) is 0 Å². The summed E-state index contributed by atoms with van der Waals surface area (Å²) in [5, 5.41) is 2.03. The predicted molar refractivity (Wildman–Crippen MR) is 93.2 cm³/mol. The molecule has 4 nitrogen and oxygen atoms in total. The largest absolute Gasteiger partial charge is 0.492 e. The maximum absolute atomic E-state index is 6.11. The molecule has 0 N–H and O–H groups in total. The van der Waals surface area contributed by atoms with Crippen molar-refractivity contribution < 1.29 is 18.9 Å². The van der Waals surface area contributed by atoms with Crippen molar-refractivity contribution in [1.29, 1.82) is 0 Å². The lowest BCUT2D eigenvalue weighted by molar-refractivity contribution is 0.171. The van der Waals surface area contributed by atoms with Crippen LogP contribution in [-0.4, -0.2) is 13.9 Å². The highest BCUT2D eigenvalue weighted by Gasteiger charge is 2.27. The van der Waals surface area contributed by atoms with Crippen LogP contribution in [0.25, 0.3) is 10.4 Å². The SMILES string of the molecule is COc1c2c(cc(OCc3ccccc3)c1-c1cccs1)OCO2. The summed E-state index contributed by atoms with van der Waals surface area (Å²) in [4.78, 5) is 1.06. The summed E-state index contributed by atoms with van der Waals surface area (Å²) >= 11 is 1.63. The van der Waals surface area contributed by atoms with E-state index in [1.807, 2.05) is 53.9 Å². The Hall–Kier alpha value is -2.66. The molecular formula is C19H16O4S. The molecule has 0 spiro atoms. The van der Waals surface area contributed by atoms with Gasteiger partial charge in [-0.05, 0) is 17.0 Å². The molecule has 0 amide bonds. The van der Waals surface area contributed by atoms with Gasteiger partial charge in [0.25, 0.3) is 0 Å². The Balaban J connectivity index is 1.77. The first kappa shape index (κ1) is 14.9. The second kappa shape index (κ2) is 6.45. The Bertz CT molecular complexity index is 828. The summed E-state index contributed by atoms with van der Waals surface area (Å²) in [5.41, 5.74) is 2.00. The highest BCUT2D eigenvalue weighted by Crippen LogP contribution is 2.52. The average Bonchev–Trinajstić information content (AvgIpc) is 3.30. The van der Waals surface area contributed by atoms with Gasteiger partial charge in [0.2, 0.25) is 12.5 Å². The summed E-state index contributed by atoms with van der Waals surface area (Å²) < 4.78 is 22.8. The van der Waals surface area contributed by atoms with E-state index in [-0.39, 0.29) is 6.79 Å². The second-order valence-corrected chi connectivity index (χ2v) is 6.22. The minimum absolute atomic E-state index is 0.192. The molecule has 122 valence electrons. The van der Waals surface area contributed by atoms with Crippen LogP contribution >= 0.6 is 11.3 Å². The van der Waals surface area contributed by atoms with Crippen LogP contribution in [-0.2, 0) is 6.61 Å². The van der Waals surface area contributed by atoms with Crippen LogP contribution < -0.4 is 18.9 Å². The third-order valence-corrected chi connectivity index (χ3v) is 4.68. The second-order valence-electron chi connectivity index (χ2n) is 5.27. The zero-order valence-corrected chi connectivity index (χ0v) is 14.0. The molecule has 0 fully saturated rings. The van der Waals surface area contributed by atoms with Gasteiger partial charge in [0.05, 0.1) is 12.7 Å². The lowest BCUT2D eigenvalue weighted by Crippen LogP contribution is -1.99. The summed E-state index contributed by atoms with van der Waals surface area (Å²) in [7, 11) is 1.63. The standard InChI is InChI=1S/C19H16O4S/c1-20-19-17(16-8-5-9-24-16)14(10-15-18(19)23-12-22-15)21-11-13-6-3-2-4-7-13/h2-10H,11-12H2,1H3. The van der Waals surface area contributed by atoms with Crippen molar-refractivity contribution in [3.05, 3.63) is 59.5 Å². The van der Waals surface area contributed by atoms with Crippen LogP contribution in [0.15, 0.2) is 53.9 Å². The molecule has 0 atom stereocenters. The number of benzene rings is 2. The molecule has 1 aliphatic heterocycles. The third kappa shape index (κ3) is 2.67. The molecule has 0 aliphatic carbocycles. The Kier molecular flexibility index (Phi) is 4.01. The Morgan fingerprint density at radius 2 is 1.96 bits per heavy atom. The summed E-state index contributed by atoms with van der Waals surface area (Å²) in [6.45, 7) is 0.666. The van der Waals surface area contributed by atoms with Crippen LogP contribution in [0, 0.1) is 0 Å². The van der Waals surface area contributed by atoms with Gasteiger partial charge >= 0.3 is 0 Å². The van der Waals surface area contributed by atoms with E-state index in [1.54, 1.807) is 18.4 Å². The number of methoxy groups -OCH3 is 1. The van der Waals surface area contributed by atoms with Gasteiger partial charge in [0, 0.05) is 10.9 Å². The van der Waals surface area contributed by atoms with Crippen LogP contribution in [0.5, 0.6) is 23.0 Å². The average molecular weight is 340 g/mol. The van der Waals surface area contributed by atoms with E-state index >= 15 is 0 Å². The molecule has 2 heterocycles. The van der Waals surface area contributed by atoms with Crippen LogP contribution in [0.2, 0.25) is 0 Å². The number of hydrogen-bond donors (Lipinski definition) is 0. The third-order valence-electron chi connectivity index (χ3n) is 3.79. The zero-order valence-electron chi connectivity index (χ0n) is 13.2. The first-order valence-corrected chi connectivity index (χ1v) is 8.46. The van der Waals surface area contributed by atoms with Gasteiger partial charge in [-0.2, -0.15) is 0 Å². The Morgan fingerprint density at radius 3 is 2.71 bits per heavy atom. The van der Waals surface area contributed by atoms with Crippen molar-refractivity contribution >= 4 is 11.3 Å². The monoisotopic (exact) mass is 340 g/mol. The van der Waals surface area contributed by atoms with Crippen LogP contribution in [0.3, 0.4) is 0 Å². The molecule has 0 saturated carbocycles. The maximum atomic E-state index is 6.11. The molecular weight excluding hydrogens is 324 g/mol. The van der Waals surface area contributed by atoms with Gasteiger partial charge in [-0.25, -0.2) is 0 Å². The van der Waals surface area contributed by atoms with E-state index < -0.39 is 0 Å². The van der Waals surface area contributed by atoms with Crippen molar-refractivity contribution in [3.8, 4) is 33.4 Å². The number of rotatable bonds is 5. The van der Waals surface area contributed by atoms with E-state index in [9.17, 15) is 0 Å². The normalized spacial score (nSPS) is 12.2. The van der Waals surface area contributed by atoms with Crippen molar-refractivity contribution in [1.82, 2.24) is 0 Å². The molecule has 5 heteroatoms. The number of thiophene rings is 1. The highest BCUT2D eigenvalue weighted by atomic mass is 32.1. The minimum atomic E-state index is 0.192. The van der Waals surface area contributed by atoms with Gasteiger partial charge in [-0.1, -0.05) is 36.4 Å². The highest BCUT2D eigenvalue weighted by molar-refractivity contribution is 7.13. The van der Waals surface area contributed by atoms with Gasteiger partial charge in [-0.15, -0.1) is 11.3 Å². The van der Waals surface area contributed by atoms with E-state index in [4.69, 9.17) is 18.9 Å². The minimum Gasteiger partial charge on any atom is -0.492 e. The fourth-order valence-electron chi connectivity index (χ4n) is 2.69. The summed E-state index contributed by atoms with van der Waals surface area (Å²) in [6, 6.07) is 16.0. The maximum Gasteiger partial charge on any atom is 0.231 e. The zero-order chi connectivity index (χ0) is 16.4. The van der Waals surface area contributed by atoms with E-state index in [0.717, 1.165) is 21.8 Å². The fourth-order valence-corrected chi connectivity index (χ4v) is 3.46. The van der Waals surface area contributed by atoms with Gasteiger partial charge in [0.15, 0.2) is 11.5 Å². The lowest BCUT2D eigenvalue weighted by atomic mass is 10.1.